The van der Waals surface area contributed by atoms with Crippen LogP contribution in [0.1, 0.15) is 61.2 Å². The third kappa shape index (κ3) is 17.8. The summed E-state index contributed by atoms with van der Waals surface area (Å²) in [5, 5.41) is 4.94. The minimum absolute atomic E-state index is 0.165. The molecule has 0 spiro atoms. The van der Waals surface area contributed by atoms with Gasteiger partial charge in [-0.05, 0) is 274 Å². The van der Waals surface area contributed by atoms with Crippen molar-refractivity contribution < 1.29 is 50.5 Å². The second-order valence-corrected chi connectivity index (χ2v) is 46.3. The van der Waals surface area contributed by atoms with Crippen LogP contribution in [0.3, 0.4) is 0 Å². The molecule has 726 valence electrons. The SMILES string of the molecule is Cc1ccc2c(c1)CCN2S(=O)(=O)c1cccc2c(=O)[nH]ccc12.Cc1ccc2c(c1)N(S(=O)(=O)c1cccc3c(=O)[nH]ccc13)CC2.Cc1ccc2c(c1)N(S(=O)(=O)c1cccc3c(=O)[nH]ccc13)CC2.Cc1ccc2c(c1)N(S(=O)(=O)c1cccc3c(=O)[nH]ccc13)CC2.Cc1cccc2c1CCN2S(=O)(=O)c1cccc2c(=O)[nH]ccc12.O=c1[nH]ccc2c(S(=O)(=O)N3CCc4ccccc43)cccc12. The zero-order chi connectivity index (χ0) is 101. The predicted molar refractivity (Wildman–Crippen MR) is 559 cm³/mol. The van der Waals surface area contributed by atoms with Crippen LogP contribution < -0.4 is 59.2 Å². The van der Waals surface area contributed by atoms with Gasteiger partial charge in [-0.15, -0.1) is 0 Å². The molecule has 30 nitrogen and oxygen atoms in total. The first-order chi connectivity index (χ1) is 68.5. The van der Waals surface area contributed by atoms with Gasteiger partial charge in [0.05, 0.1) is 63.5 Å². The molecule has 12 heterocycles. The van der Waals surface area contributed by atoms with Gasteiger partial charge in [0.1, 0.15) is 0 Å². The fourth-order valence-corrected chi connectivity index (χ4v) is 29.7. The second kappa shape index (κ2) is 38.1. The Morgan fingerprint density at radius 3 is 0.720 bits per heavy atom. The van der Waals surface area contributed by atoms with E-state index in [1.165, 1.54) is 63.0 Å². The van der Waals surface area contributed by atoms with Crippen LogP contribution in [0, 0.1) is 34.6 Å². The smallest absolute Gasteiger partial charge is 0.264 e. The molecule has 0 saturated carbocycles. The number of nitrogens with zero attached hydrogens (tertiary/aromatic N) is 6. The van der Waals surface area contributed by atoms with Gasteiger partial charge in [0, 0.05) is 141 Å². The van der Waals surface area contributed by atoms with Gasteiger partial charge in [-0.2, -0.15) is 0 Å². The number of H-pyrrole nitrogens is 6. The lowest BCUT2D eigenvalue weighted by Gasteiger charge is -2.21. The minimum atomic E-state index is -3.73. The lowest BCUT2D eigenvalue weighted by Crippen LogP contribution is -2.29. The number of aromatic nitrogens is 6. The van der Waals surface area contributed by atoms with Gasteiger partial charge in [0.2, 0.25) is 0 Å². The van der Waals surface area contributed by atoms with Crippen molar-refractivity contribution in [3.8, 4) is 0 Å². The van der Waals surface area contributed by atoms with Crippen molar-refractivity contribution in [1.82, 2.24) is 29.9 Å². The van der Waals surface area contributed by atoms with E-state index < -0.39 is 60.1 Å². The summed E-state index contributed by atoms with van der Waals surface area (Å²) in [7, 11) is -22.4. The number of hydrogen-bond donors (Lipinski definition) is 6. The predicted octanol–water partition coefficient (Wildman–Crippen LogP) is 15.2. The number of rotatable bonds is 12. The maximum atomic E-state index is 13.2. The van der Waals surface area contributed by atoms with Gasteiger partial charge in [0.15, 0.2) is 0 Å². The van der Waals surface area contributed by atoms with E-state index in [4.69, 9.17) is 0 Å². The Morgan fingerprint density at radius 1 is 0.196 bits per heavy atom. The van der Waals surface area contributed by atoms with Crippen LogP contribution >= 0.6 is 0 Å². The number of aromatic amines is 6. The van der Waals surface area contributed by atoms with E-state index in [-0.39, 0.29) is 62.7 Å². The molecule has 0 radical (unpaired) electrons. The first-order valence-corrected chi connectivity index (χ1v) is 54.5. The van der Waals surface area contributed by atoms with Gasteiger partial charge in [0.25, 0.3) is 93.5 Å². The summed E-state index contributed by atoms with van der Waals surface area (Å²) in [6.45, 7) is 12.3. The van der Waals surface area contributed by atoms with Gasteiger partial charge >= 0.3 is 0 Å². The quantitative estimate of drug-likeness (QED) is 0.0661. The highest BCUT2D eigenvalue weighted by atomic mass is 32.2. The molecule has 12 aromatic carbocycles. The highest BCUT2D eigenvalue weighted by Gasteiger charge is 2.40. The standard InChI is InChI=1S/5C18H16N2O3S.C17H14N2O3S/c1-12-4-2-6-16-13(12)9-11-20(16)24(22,23)17-7-3-5-15-14(17)8-10-19-18(15)21;1-12-5-6-16-13(11-12)8-10-20(16)24(22,23)17-4-2-3-15-14(17)7-9-19-18(15)21;3*1-12-5-6-13-8-10-20(16(13)11-12)24(22,23)17-4-2-3-15-14(17)7-9-19-18(15)21;20-17-14-5-3-7-16(13(14)8-10-18-17)23(21,22)19-11-9-12-4-1-2-6-15(12)19/h2-8,10H,9,11H2,1H3,(H,19,21);4*2-7,9,11H,8,10H2,1H3,(H,19,21);1-8,10H,9,11H2,(H,18,20). The number of sulfonamides is 6. The molecule has 6 N–H and O–H groups in total. The maximum Gasteiger partial charge on any atom is 0.264 e. The summed E-state index contributed by atoms with van der Waals surface area (Å²) in [5.41, 5.74) is 14.1. The molecule has 6 aliphatic heterocycles. The van der Waals surface area contributed by atoms with Crippen molar-refractivity contribution in [2.24, 2.45) is 0 Å². The van der Waals surface area contributed by atoms with Crippen molar-refractivity contribution in [2.45, 2.75) is 103 Å². The molecule has 143 heavy (non-hydrogen) atoms. The summed E-state index contributed by atoms with van der Waals surface area (Å²) >= 11 is 0. The lowest BCUT2D eigenvalue weighted by atomic mass is 10.1. The highest BCUT2D eigenvalue weighted by molar-refractivity contribution is 7.94. The summed E-state index contributed by atoms with van der Waals surface area (Å²) in [6, 6.07) is 75.2. The zero-order valence-corrected chi connectivity index (χ0v) is 82.7. The van der Waals surface area contributed by atoms with Gasteiger partial charge in [-0.3, -0.25) is 54.6 Å². The Bertz CT molecular complexity index is 8810. The van der Waals surface area contributed by atoms with E-state index in [1.54, 1.807) is 146 Å². The van der Waals surface area contributed by atoms with Gasteiger partial charge < -0.3 is 29.9 Å². The average Bonchev–Trinajstić information content (AvgIpc) is 1.68. The van der Waals surface area contributed by atoms with E-state index in [9.17, 15) is 79.3 Å². The number of nitrogens with one attached hydrogen (secondary N) is 6. The molecule has 6 aromatic heterocycles. The second-order valence-electron chi connectivity index (χ2n) is 35.3. The van der Waals surface area contributed by atoms with Crippen LogP contribution in [0.25, 0.3) is 64.6 Å². The number of hydrogen-bond acceptors (Lipinski definition) is 18. The first-order valence-electron chi connectivity index (χ1n) is 45.9. The molecule has 24 rings (SSSR count). The van der Waals surface area contributed by atoms with Crippen LogP contribution in [-0.4, -0.2) is 120 Å². The summed E-state index contributed by atoms with van der Waals surface area (Å²) in [5.74, 6) is 0. The fraction of sp³-hybridized carbons (Fsp3) is 0.159. The molecular weight excluding hydrogens is 1930 g/mol. The Labute approximate surface area is 822 Å². The highest BCUT2D eigenvalue weighted by Crippen LogP contribution is 2.43. The molecule has 0 aliphatic carbocycles. The average molecular weight is 2030 g/mol. The molecule has 18 aromatic rings. The molecule has 0 fully saturated rings. The largest absolute Gasteiger partial charge is 0.329 e. The van der Waals surface area contributed by atoms with Crippen molar-refractivity contribution in [1.29, 1.82) is 0 Å². The van der Waals surface area contributed by atoms with Gasteiger partial charge in [-0.1, -0.05) is 121 Å². The summed E-state index contributed by atoms with van der Waals surface area (Å²) < 4.78 is 167. The van der Waals surface area contributed by atoms with Crippen molar-refractivity contribution in [3.63, 3.8) is 0 Å². The Balaban J connectivity index is 0.000000109. The summed E-state index contributed by atoms with van der Waals surface area (Å²) in [6.07, 6.45) is 13.0. The minimum Gasteiger partial charge on any atom is -0.329 e. The normalized spacial score (nSPS) is 14.1. The Morgan fingerprint density at radius 2 is 0.420 bits per heavy atom. The topological polar surface area (TPSA) is 421 Å². The number of para-hydroxylation sites is 1. The number of pyridine rings is 6. The Hall–Kier alpha value is -15.6. The van der Waals surface area contributed by atoms with Crippen molar-refractivity contribution in [3.05, 3.63) is 421 Å². The van der Waals surface area contributed by atoms with E-state index in [2.05, 4.69) is 29.9 Å². The van der Waals surface area contributed by atoms with Crippen LogP contribution in [0.15, 0.2) is 356 Å². The van der Waals surface area contributed by atoms with E-state index in [0.717, 1.165) is 89.6 Å². The third-order valence-corrected chi connectivity index (χ3v) is 37.7. The molecule has 36 heteroatoms. The maximum absolute atomic E-state index is 13.2. The first kappa shape index (κ1) is 96.3. The van der Waals surface area contributed by atoms with E-state index >= 15 is 0 Å². The summed E-state index contributed by atoms with van der Waals surface area (Å²) in [4.78, 5) is 88.2. The molecule has 0 saturated heterocycles. The van der Waals surface area contributed by atoms with E-state index in [1.807, 2.05) is 150 Å². The van der Waals surface area contributed by atoms with E-state index in [0.29, 0.717) is 148 Å². The molecular formula is C107H94N12O18S6. The number of benzene rings is 12. The van der Waals surface area contributed by atoms with Crippen molar-refractivity contribution >= 4 is 159 Å². The molecule has 6 aliphatic rings. The van der Waals surface area contributed by atoms with Crippen LogP contribution in [0.2, 0.25) is 0 Å². The van der Waals surface area contributed by atoms with Crippen LogP contribution in [-0.2, 0) is 98.7 Å². The molecule has 0 atom stereocenters. The van der Waals surface area contributed by atoms with Crippen molar-refractivity contribution in [2.75, 3.05) is 65.1 Å². The number of aryl methyl sites for hydroxylation is 5. The lowest BCUT2D eigenvalue weighted by molar-refractivity contribution is 0.591. The number of anilines is 6. The van der Waals surface area contributed by atoms with Gasteiger partial charge in [-0.25, -0.2) is 50.5 Å². The molecule has 0 amide bonds. The monoisotopic (exact) mass is 2030 g/mol. The Kier molecular flexibility index (Phi) is 25.7. The fourth-order valence-electron chi connectivity index (χ4n) is 19.5. The third-order valence-electron chi connectivity index (χ3n) is 26.5. The van der Waals surface area contributed by atoms with Crippen LogP contribution in [0.5, 0.6) is 0 Å². The molecule has 0 unspecified atom stereocenters. The zero-order valence-electron chi connectivity index (χ0n) is 77.8. The number of fused-ring (bicyclic) bond motifs is 12. The molecule has 0 bridgehead atoms. The van der Waals surface area contributed by atoms with Crippen LogP contribution in [0.4, 0.5) is 34.1 Å².